The Kier molecular flexibility index (Phi) is 4.15. The summed E-state index contributed by atoms with van der Waals surface area (Å²) < 4.78 is 5.35. The molecule has 2 heteroatoms. The van der Waals surface area contributed by atoms with Gasteiger partial charge in [-0.05, 0) is 38.0 Å². The maximum atomic E-state index is 10.2. The van der Waals surface area contributed by atoms with E-state index in [9.17, 15) is 5.11 Å². The SMILES string of the molecule is CCC[C@@](C)(O)c1ccc(OCC)cc1. The summed E-state index contributed by atoms with van der Waals surface area (Å²) in [6.07, 6.45) is 1.75. The van der Waals surface area contributed by atoms with E-state index < -0.39 is 5.60 Å². The molecule has 2 nitrogen and oxygen atoms in total. The highest BCUT2D eigenvalue weighted by atomic mass is 16.5. The van der Waals surface area contributed by atoms with Gasteiger partial charge in [0.1, 0.15) is 5.75 Å². The molecule has 0 saturated carbocycles. The van der Waals surface area contributed by atoms with Crippen molar-refractivity contribution in [1.29, 1.82) is 0 Å². The first kappa shape index (κ1) is 12.1. The standard InChI is InChI=1S/C13H20O2/c1-4-10-13(3,14)11-6-8-12(9-7-11)15-5-2/h6-9,14H,4-5,10H2,1-3H3/t13-/m1/s1. The molecule has 0 amide bonds. The van der Waals surface area contributed by atoms with Gasteiger partial charge in [0, 0.05) is 0 Å². The molecule has 0 saturated heterocycles. The molecule has 1 aromatic rings. The minimum absolute atomic E-state index is 0.671. The van der Waals surface area contributed by atoms with Crippen molar-refractivity contribution < 1.29 is 9.84 Å². The van der Waals surface area contributed by atoms with Crippen LogP contribution in [-0.4, -0.2) is 11.7 Å². The van der Waals surface area contributed by atoms with Crippen molar-refractivity contribution in [2.24, 2.45) is 0 Å². The zero-order valence-corrected chi connectivity index (χ0v) is 9.79. The Morgan fingerprint density at radius 3 is 2.27 bits per heavy atom. The number of aliphatic hydroxyl groups is 1. The summed E-state index contributed by atoms with van der Waals surface area (Å²) in [6, 6.07) is 7.67. The molecule has 0 aliphatic carbocycles. The van der Waals surface area contributed by atoms with Crippen molar-refractivity contribution in [2.75, 3.05) is 6.61 Å². The minimum Gasteiger partial charge on any atom is -0.494 e. The number of ether oxygens (including phenoxy) is 1. The third-order valence-corrected chi connectivity index (χ3v) is 2.52. The lowest BCUT2D eigenvalue weighted by Crippen LogP contribution is -2.20. The molecule has 0 spiro atoms. The molecular formula is C13H20O2. The molecule has 0 heterocycles. The Hall–Kier alpha value is -1.02. The Bertz CT molecular complexity index is 288. The van der Waals surface area contributed by atoms with Gasteiger partial charge < -0.3 is 9.84 Å². The van der Waals surface area contributed by atoms with E-state index in [1.807, 2.05) is 38.1 Å². The zero-order valence-electron chi connectivity index (χ0n) is 9.79. The van der Waals surface area contributed by atoms with Crippen LogP contribution >= 0.6 is 0 Å². The lowest BCUT2D eigenvalue weighted by molar-refractivity contribution is 0.0469. The van der Waals surface area contributed by atoms with Crippen LogP contribution in [0, 0.1) is 0 Å². The lowest BCUT2D eigenvalue weighted by atomic mass is 9.91. The van der Waals surface area contributed by atoms with Gasteiger partial charge in [-0.15, -0.1) is 0 Å². The third-order valence-electron chi connectivity index (χ3n) is 2.52. The summed E-state index contributed by atoms with van der Waals surface area (Å²) in [4.78, 5) is 0. The second kappa shape index (κ2) is 5.17. The van der Waals surface area contributed by atoms with Crippen LogP contribution in [0.4, 0.5) is 0 Å². The van der Waals surface area contributed by atoms with Crippen molar-refractivity contribution >= 4 is 0 Å². The molecule has 0 aliphatic rings. The molecule has 0 aliphatic heterocycles. The van der Waals surface area contributed by atoms with Gasteiger partial charge in [-0.2, -0.15) is 0 Å². The van der Waals surface area contributed by atoms with E-state index >= 15 is 0 Å². The van der Waals surface area contributed by atoms with Gasteiger partial charge in [0.25, 0.3) is 0 Å². The molecule has 0 aromatic heterocycles. The molecule has 1 atom stereocenters. The van der Waals surface area contributed by atoms with Crippen LogP contribution in [0.2, 0.25) is 0 Å². The molecule has 1 N–H and O–H groups in total. The van der Waals surface area contributed by atoms with E-state index in [4.69, 9.17) is 4.74 Å². The number of hydrogen-bond acceptors (Lipinski definition) is 2. The molecule has 0 fully saturated rings. The summed E-state index contributed by atoms with van der Waals surface area (Å²) in [5.74, 6) is 0.855. The summed E-state index contributed by atoms with van der Waals surface area (Å²) in [5.41, 5.74) is 0.229. The fourth-order valence-corrected chi connectivity index (χ4v) is 1.71. The number of hydrogen-bond donors (Lipinski definition) is 1. The second-order valence-electron chi connectivity index (χ2n) is 3.98. The van der Waals surface area contributed by atoms with Gasteiger partial charge in [0.2, 0.25) is 0 Å². The first-order valence-electron chi connectivity index (χ1n) is 5.56. The Morgan fingerprint density at radius 1 is 1.20 bits per heavy atom. The summed E-state index contributed by atoms with van der Waals surface area (Å²) in [6.45, 7) is 6.56. The summed E-state index contributed by atoms with van der Waals surface area (Å²) in [5, 5.41) is 10.2. The van der Waals surface area contributed by atoms with E-state index in [0.717, 1.165) is 24.2 Å². The van der Waals surface area contributed by atoms with Crippen LogP contribution in [0.15, 0.2) is 24.3 Å². The normalized spacial score (nSPS) is 14.7. The highest BCUT2D eigenvalue weighted by Crippen LogP contribution is 2.27. The first-order chi connectivity index (χ1) is 7.10. The largest absolute Gasteiger partial charge is 0.494 e. The quantitative estimate of drug-likeness (QED) is 0.805. The van der Waals surface area contributed by atoms with Gasteiger partial charge in [-0.3, -0.25) is 0 Å². The van der Waals surface area contributed by atoms with Gasteiger partial charge in [0.15, 0.2) is 0 Å². The number of rotatable bonds is 5. The second-order valence-corrected chi connectivity index (χ2v) is 3.98. The van der Waals surface area contributed by atoms with E-state index in [0.29, 0.717) is 6.61 Å². The smallest absolute Gasteiger partial charge is 0.119 e. The number of benzene rings is 1. The molecule has 0 unspecified atom stereocenters. The maximum absolute atomic E-state index is 10.2. The average molecular weight is 208 g/mol. The van der Waals surface area contributed by atoms with Crippen LogP contribution in [0.5, 0.6) is 5.75 Å². The summed E-state index contributed by atoms with van der Waals surface area (Å²) in [7, 11) is 0. The molecule has 84 valence electrons. The summed E-state index contributed by atoms with van der Waals surface area (Å²) >= 11 is 0. The predicted molar refractivity (Wildman–Crippen MR) is 62.1 cm³/mol. The van der Waals surface area contributed by atoms with Crippen LogP contribution in [0.25, 0.3) is 0 Å². The topological polar surface area (TPSA) is 29.5 Å². The van der Waals surface area contributed by atoms with Crippen LogP contribution in [-0.2, 0) is 5.60 Å². The van der Waals surface area contributed by atoms with E-state index in [1.165, 1.54) is 0 Å². The Balaban J connectivity index is 2.78. The highest BCUT2D eigenvalue weighted by Gasteiger charge is 2.21. The van der Waals surface area contributed by atoms with Crippen molar-refractivity contribution in [3.05, 3.63) is 29.8 Å². The third kappa shape index (κ3) is 3.24. The van der Waals surface area contributed by atoms with Crippen molar-refractivity contribution in [3.8, 4) is 5.75 Å². The van der Waals surface area contributed by atoms with Gasteiger partial charge in [-0.1, -0.05) is 25.5 Å². The van der Waals surface area contributed by atoms with Crippen LogP contribution < -0.4 is 4.74 Å². The van der Waals surface area contributed by atoms with Crippen molar-refractivity contribution in [2.45, 2.75) is 39.2 Å². The fourth-order valence-electron chi connectivity index (χ4n) is 1.71. The fraction of sp³-hybridized carbons (Fsp3) is 0.538. The molecule has 1 aromatic carbocycles. The Morgan fingerprint density at radius 2 is 1.80 bits per heavy atom. The molecular weight excluding hydrogens is 188 g/mol. The van der Waals surface area contributed by atoms with Gasteiger partial charge in [0.05, 0.1) is 12.2 Å². The molecule has 0 bridgehead atoms. The van der Waals surface area contributed by atoms with E-state index in [1.54, 1.807) is 0 Å². The van der Waals surface area contributed by atoms with Crippen LogP contribution in [0.3, 0.4) is 0 Å². The van der Waals surface area contributed by atoms with Crippen molar-refractivity contribution in [3.63, 3.8) is 0 Å². The van der Waals surface area contributed by atoms with E-state index in [2.05, 4.69) is 6.92 Å². The molecule has 1 rings (SSSR count). The van der Waals surface area contributed by atoms with E-state index in [-0.39, 0.29) is 0 Å². The monoisotopic (exact) mass is 208 g/mol. The average Bonchev–Trinajstić information content (AvgIpc) is 2.19. The first-order valence-corrected chi connectivity index (χ1v) is 5.56. The Labute approximate surface area is 91.9 Å². The highest BCUT2D eigenvalue weighted by molar-refractivity contribution is 5.30. The van der Waals surface area contributed by atoms with Gasteiger partial charge in [-0.25, -0.2) is 0 Å². The lowest BCUT2D eigenvalue weighted by Gasteiger charge is -2.23. The zero-order chi connectivity index (χ0) is 11.3. The molecule has 15 heavy (non-hydrogen) atoms. The predicted octanol–water partition coefficient (Wildman–Crippen LogP) is 3.09. The minimum atomic E-state index is -0.723. The van der Waals surface area contributed by atoms with Crippen LogP contribution in [0.1, 0.15) is 39.2 Å². The van der Waals surface area contributed by atoms with Gasteiger partial charge >= 0.3 is 0 Å². The molecule has 0 radical (unpaired) electrons. The van der Waals surface area contributed by atoms with Crippen molar-refractivity contribution in [1.82, 2.24) is 0 Å². The maximum Gasteiger partial charge on any atom is 0.119 e.